The zero-order chi connectivity index (χ0) is 16.5. The van der Waals surface area contributed by atoms with E-state index in [2.05, 4.69) is 5.32 Å². The lowest BCUT2D eigenvalue weighted by Gasteiger charge is -2.22. The van der Waals surface area contributed by atoms with E-state index in [1.165, 1.54) is 4.90 Å². The van der Waals surface area contributed by atoms with Gasteiger partial charge in [0.2, 0.25) is 0 Å². The van der Waals surface area contributed by atoms with Gasteiger partial charge in [-0.25, -0.2) is 4.79 Å². The quantitative estimate of drug-likeness (QED) is 0.652. The fourth-order valence-corrected chi connectivity index (χ4v) is 1.96. The minimum absolute atomic E-state index is 0.107. The van der Waals surface area contributed by atoms with Gasteiger partial charge >= 0.3 is 6.09 Å². The highest BCUT2D eigenvalue weighted by Gasteiger charge is 2.18. The van der Waals surface area contributed by atoms with E-state index in [0.717, 1.165) is 0 Å². The summed E-state index contributed by atoms with van der Waals surface area (Å²) in [6, 6.07) is 7.25. The van der Waals surface area contributed by atoms with E-state index >= 15 is 0 Å². The highest BCUT2D eigenvalue weighted by atomic mass is 16.5. The summed E-state index contributed by atoms with van der Waals surface area (Å²) in [5.74, 6) is 0.460. The third-order valence-corrected chi connectivity index (χ3v) is 3.03. The van der Waals surface area contributed by atoms with E-state index in [-0.39, 0.29) is 12.6 Å². The van der Waals surface area contributed by atoms with Gasteiger partial charge in [0.15, 0.2) is 0 Å². The van der Waals surface area contributed by atoms with Gasteiger partial charge in [0.1, 0.15) is 18.5 Å². The van der Waals surface area contributed by atoms with Crippen molar-refractivity contribution in [2.45, 2.75) is 39.3 Å². The van der Waals surface area contributed by atoms with Crippen molar-refractivity contribution in [2.75, 3.05) is 24.6 Å². The molecule has 0 bridgehead atoms. The largest absolute Gasteiger partial charge is 0.489 e. The van der Waals surface area contributed by atoms with Gasteiger partial charge in [-0.15, -0.1) is 0 Å². The number of aliphatic hydroxyl groups excluding tert-OH is 1. The Morgan fingerprint density at radius 2 is 2.05 bits per heavy atom. The van der Waals surface area contributed by atoms with E-state index < -0.39 is 12.2 Å². The second-order valence-corrected chi connectivity index (χ2v) is 5.43. The molecule has 1 unspecified atom stereocenters. The van der Waals surface area contributed by atoms with Crippen molar-refractivity contribution in [3.63, 3.8) is 0 Å². The van der Waals surface area contributed by atoms with Gasteiger partial charge in [-0.05, 0) is 18.6 Å². The highest BCUT2D eigenvalue weighted by molar-refractivity contribution is 5.88. The standard InChI is InChI=1S/C16H26N2O4/c1-4-9-18(16(20)21)14-7-5-6-8-15(14)22-11-13(19)10-17-12(2)3/h5-8,12-13,17,19H,4,9-11H2,1-3H3,(H,20,21). The van der Waals surface area contributed by atoms with Gasteiger partial charge in [0, 0.05) is 19.1 Å². The maximum absolute atomic E-state index is 11.4. The number of aliphatic hydroxyl groups is 1. The molecule has 0 saturated heterocycles. The Balaban J connectivity index is 2.72. The Kier molecular flexibility index (Phi) is 7.70. The van der Waals surface area contributed by atoms with Crippen molar-refractivity contribution in [3.8, 4) is 5.75 Å². The monoisotopic (exact) mass is 310 g/mol. The molecule has 6 nitrogen and oxygen atoms in total. The Labute approximate surface area is 131 Å². The molecular formula is C16H26N2O4. The zero-order valence-corrected chi connectivity index (χ0v) is 13.5. The second kappa shape index (κ2) is 9.27. The molecule has 0 heterocycles. The van der Waals surface area contributed by atoms with Crippen LogP contribution in [-0.2, 0) is 0 Å². The predicted octanol–water partition coefficient (Wildman–Crippen LogP) is 2.32. The number of carbonyl (C=O) groups is 1. The fraction of sp³-hybridized carbons (Fsp3) is 0.562. The molecule has 0 spiro atoms. The van der Waals surface area contributed by atoms with Gasteiger partial charge in [0.25, 0.3) is 0 Å². The minimum Gasteiger partial charge on any atom is -0.489 e. The van der Waals surface area contributed by atoms with Crippen LogP contribution in [0.15, 0.2) is 24.3 Å². The van der Waals surface area contributed by atoms with Crippen LogP contribution in [0.4, 0.5) is 10.5 Å². The number of amides is 1. The van der Waals surface area contributed by atoms with E-state index in [1.54, 1.807) is 24.3 Å². The molecule has 0 aliphatic rings. The van der Waals surface area contributed by atoms with Crippen LogP contribution in [-0.4, -0.2) is 48.1 Å². The van der Waals surface area contributed by atoms with Crippen LogP contribution in [0.2, 0.25) is 0 Å². The Morgan fingerprint density at radius 3 is 2.64 bits per heavy atom. The van der Waals surface area contributed by atoms with Gasteiger partial charge in [-0.3, -0.25) is 4.90 Å². The number of para-hydroxylation sites is 2. The smallest absolute Gasteiger partial charge is 0.411 e. The summed E-state index contributed by atoms with van der Waals surface area (Å²) in [6.07, 6.45) is -0.957. The average Bonchev–Trinajstić information content (AvgIpc) is 2.48. The number of anilines is 1. The van der Waals surface area contributed by atoms with Crippen molar-refractivity contribution >= 4 is 11.8 Å². The van der Waals surface area contributed by atoms with Crippen molar-refractivity contribution < 1.29 is 19.7 Å². The van der Waals surface area contributed by atoms with Crippen molar-refractivity contribution in [2.24, 2.45) is 0 Å². The molecule has 1 amide bonds. The SMILES string of the molecule is CCCN(C(=O)O)c1ccccc1OCC(O)CNC(C)C. The zero-order valence-electron chi connectivity index (χ0n) is 13.5. The van der Waals surface area contributed by atoms with E-state index in [4.69, 9.17) is 4.74 Å². The predicted molar refractivity (Wildman–Crippen MR) is 86.7 cm³/mol. The molecule has 1 aromatic rings. The van der Waals surface area contributed by atoms with Gasteiger partial charge in [0.05, 0.1) is 5.69 Å². The molecule has 1 rings (SSSR count). The Bertz CT molecular complexity index is 465. The number of hydrogen-bond donors (Lipinski definition) is 3. The van der Waals surface area contributed by atoms with Crippen LogP contribution < -0.4 is 15.0 Å². The Hall–Kier alpha value is -1.79. The molecule has 0 fully saturated rings. The lowest BCUT2D eigenvalue weighted by Crippen LogP contribution is -2.35. The average molecular weight is 310 g/mol. The summed E-state index contributed by atoms with van der Waals surface area (Å²) in [5, 5.41) is 22.3. The number of benzene rings is 1. The van der Waals surface area contributed by atoms with Crippen LogP contribution in [0.3, 0.4) is 0 Å². The van der Waals surface area contributed by atoms with Crippen LogP contribution in [0.25, 0.3) is 0 Å². The molecule has 6 heteroatoms. The number of nitrogens with zero attached hydrogens (tertiary/aromatic N) is 1. The van der Waals surface area contributed by atoms with Gasteiger partial charge < -0.3 is 20.3 Å². The third-order valence-electron chi connectivity index (χ3n) is 3.03. The molecule has 0 aromatic heterocycles. The first-order chi connectivity index (χ1) is 10.5. The summed E-state index contributed by atoms with van der Waals surface area (Å²) in [6.45, 7) is 6.85. The maximum Gasteiger partial charge on any atom is 0.411 e. The van der Waals surface area contributed by atoms with Gasteiger partial charge in [-0.2, -0.15) is 0 Å². The molecule has 0 saturated carbocycles. The molecule has 1 aromatic carbocycles. The molecular weight excluding hydrogens is 284 g/mol. The van der Waals surface area contributed by atoms with E-state index in [1.807, 2.05) is 20.8 Å². The van der Waals surface area contributed by atoms with Crippen LogP contribution in [0.5, 0.6) is 5.75 Å². The number of hydrogen-bond acceptors (Lipinski definition) is 4. The summed E-state index contributed by atoms with van der Waals surface area (Å²) < 4.78 is 5.61. The third kappa shape index (κ3) is 5.91. The first-order valence-corrected chi connectivity index (χ1v) is 7.59. The molecule has 22 heavy (non-hydrogen) atoms. The summed E-state index contributed by atoms with van der Waals surface area (Å²) in [4.78, 5) is 12.6. The summed E-state index contributed by atoms with van der Waals surface area (Å²) in [7, 11) is 0. The van der Waals surface area contributed by atoms with Crippen molar-refractivity contribution in [1.82, 2.24) is 5.32 Å². The molecule has 0 radical (unpaired) electrons. The fourth-order valence-electron chi connectivity index (χ4n) is 1.96. The molecule has 0 aliphatic heterocycles. The van der Waals surface area contributed by atoms with Crippen LogP contribution in [0, 0.1) is 0 Å². The maximum atomic E-state index is 11.4. The Morgan fingerprint density at radius 1 is 1.36 bits per heavy atom. The minimum atomic E-state index is -1.01. The molecule has 124 valence electrons. The van der Waals surface area contributed by atoms with Crippen LogP contribution in [0.1, 0.15) is 27.2 Å². The van der Waals surface area contributed by atoms with E-state index in [0.29, 0.717) is 30.9 Å². The number of nitrogens with one attached hydrogen (secondary N) is 1. The van der Waals surface area contributed by atoms with Crippen LogP contribution >= 0.6 is 0 Å². The molecule has 0 aliphatic carbocycles. The second-order valence-electron chi connectivity index (χ2n) is 5.43. The first kappa shape index (κ1) is 18.3. The molecule has 1 atom stereocenters. The van der Waals surface area contributed by atoms with Crippen molar-refractivity contribution in [3.05, 3.63) is 24.3 Å². The molecule has 3 N–H and O–H groups in total. The van der Waals surface area contributed by atoms with E-state index in [9.17, 15) is 15.0 Å². The number of carboxylic acid groups (broad SMARTS) is 1. The first-order valence-electron chi connectivity index (χ1n) is 7.59. The lowest BCUT2D eigenvalue weighted by molar-refractivity contribution is 0.105. The number of rotatable bonds is 9. The lowest BCUT2D eigenvalue weighted by atomic mass is 10.2. The highest BCUT2D eigenvalue weighted by Crippen LogP contribution is 2.28. The van der Waals surface area contributed by atoms with Crippen molar-refractivity contribution in [1.29, 1.82) is 0 Å². The normalized spacial score (nSPS) is 12.2. The summed E-state index contributed by atoms with van der Waals surface area (Å²) >= 11 is 0. The van der Waals surface area contributed by atoms with Gasteiger partial charge in [-0.1, -0.05) is 32.9 Å². The summed E-state index contributed by atoms with van der Waals surface area (Å²) in [5.41, 5.74) is 0.501. The number of ether oxygens (including phenoxy) is 1. The topological polar surface area (TPSA) is 82.0 Å².